The molecular weight excluding hydrogens is 290 g/mol. The third kappa shape index (κ3) is 2.17. The maximum absolute atomic E-state index is 5.45. The van der Waals surface area contributed by atoms with E-state index >= 15 is 0 Å². The minimum Gasteiger partial charge on any atom is -0.495 e. The number of methoxy groups -OCH3 is 1. The summed E-state index contributed by atoms with van der Waals surface area (Å²) in [7, 11) is 1.66. The number of thiophene rings is 1. The van der Waals surface area contributed by atoms with Crippen molar-refractivity contribution in [2.24, 2.45) is 0 Å². The molecule has 2 aromatic heterocycles. The molecule has 0 spiro atoms. The number of aryl methyl sites for hydroxylation is 1. The Morgan fingerprint density at radius 3 is 2.90 bits per heavy atom. The predicted molar refractivity (Wildman–Crippen MR) is 83.4 cm³/mol. The Balaban J connectivity index is 2.28. The average molecular weight is 303 g/mol. The van der Waals surface area contributed by atoms with E-state index in [1.807, 2.05) is 47.2 Å². The molecule has 3 aromatic rings. The highest BCUT2D eigenvalue weighted by Gasteiger charge is 2.15. The van der Waals surface area contributed by atoms with Crippen LogP contribution in [0.5, 0.6) is 5.75 Å². The van der Waals surface area contributed by atoms with Gasteiger partial charge in [0, 0.05) is 0 Å². The Morgan fingerprint density at radius 2 is 2.20 bits per heavy atom. The molecule has 102 valence electrons. The van der Waals surface area contributed by atoms with Crippen molar-refractivity contribution >= 4 is 23.6 Å². The maximum atomic E-state index is 5.45. The van der Waals surface area contributed by atoms with Crippen LogP contribution < -0.4 is 4.74 Å². The van der Waals surface area contributed by atoms with Crippen molar-refractivity contribution in [3.63, 3.8) is 0 Å². The van der Waals surface area contributed by atoms with Gasteiger partial charge < -0.3 is 4.74 Å². The highest BCUT2D eigenvalue weighted by atomic mass is 32.1. The molecular formula is C14H13N3OS2. The Bertz CT molecular complexity index is 787. The van der Waals surface area contributed by atoms with E-state index in [1.165, 1.54) is 0 Å². The van der Waals surface area contributed by atoms with E-state index in [0.717, 1.165) is 27.7 Å². The van der Waals surface area contributed by atoms with Crippen LogP contribution in [-0.4, -0.2) is 21.9 Å². The van der Waals surface area contributed by atoms with Gasteiger partial charge in [0.2, 0.25) is 0 Å². The van der Waals surface area contributed by atoms with E-state index in [9.17, 15) is 0 Å². The van der Waals surface area contributed by atoms with Gasteiger partial charge in [-0.25, -0.2) is 0 Å². The molecule has 0 aliphatic carbocycles. The first-order chi connectivity index (χ1) is 9.70. The van der Waals surface area contributed by atoms with Gasteiger partial charge in [-0.2, -0.15) is 5.10 Å². The molecule has 0 radical (unpaired) electrons. The zero-order valence-corrected chi connectivity index (χ0v) is 12.7. The summed E-state index contributed by atoms with van der Waals surface area (Å²) < 4.78 is 7.91. The number of aromatic amines is 1. The molecule has 0 saturated heterocycles. The van der Waals surface area contributed by atoms with Gasteiger partial charge in [-0.3, -0.25) is 9.67 Å². The summed E-state index contributed by atoms with van der Waals surface area (Å²) in [5.41, 5.74) is 2.04. The standard InChI is InChI=1S/C14H13N3OS2/c1-9-5-6-11(18-2)10(8-9)17-13(15-16-14(17)19)12-4-3-7-20-12/h3-8H,1-2H3,(H,16,19). The molecule has 0 unspecified atom stereocenters. The molecule has 4 nitrogen and oxygen atoms in total. The number of rotatable bonds is 3. The van der Waals surface area contributed by atoms with Crippen LogP contribution in [0.1, 0.15) is 5.56 Å². The summed E-state index contributed by atoms with van der Waals surface area (Å²) >= 11 is 7.00. The first-order valence-corrected chi connectivity index (χ1v) is 7.36. The fraction of sp³-hybridized carbons (Fsp3) is 0.143. The van der Waals surface area contributed by atoms with Gasteiger partial charge >= 0.3 is 0 Å². The molecule has 6 heteroatoms. The average Bonchev–Trinajstić information content (AvgIpc) is 3.07. The van der Waals surface area contributed by atoms with Crippen LogP contribution in [0.2, 0.25) is 0 Å². The zero-order chi connectivity index (χ0) is 14.1. The molecule has 20 heavy (non-hydrogen) atoms. The van der Waals surface area contributed by atoms with Crippen molar-refractivity contribution < 1.29 is 4.74 Å². The van der Waals surface area contributed by atoms with Gasteiger partial charge in [0.05, 0.1) is 17.7 Å². The number of benzene rings is 1. The fourth-order valence-electron chi connectivity index (χ4n) is 2.07. The second-order valence-electron chi connectivity index (χ2n) is 4.34. The molecule has 0 bridgehead atoms. The molecule has 0 saturated carbocycles. The quantitative estimate of drug-likeness (QED) is 0.744. The Labute approximate surface area is 125 Å². The second kappa shape index (κ2) is 5.22. The number of aromatic nitrogens is 3. The van der Waals surface area contributed by atoms with Crippen LogP contribution in [0.15, 0.2) is 35.7 Å². The second-order valence-corrected chi connectivity index (χ2v) is 5.67. The number of ether oxygens (including phenoxy) is 1. The lowest BCUT2D eigenvalue weighted by atomic mass is 10.2. The van der Waals surface area contributed by atoms with Gasteiger partial charge in [0.15, 0.2) is 10.6 Å². The third-order valence-corrected chi connectivity index (χ3v) is 4.13. The van der Waals surface area contributed by atoms with Gasteiger partial charge in [-0.1, -0.05) is 12.1 Å². The molecule has 2 heterocycles. The van der Waals surface area contributed by atoms with Crippen LogP contribution in [0, 0.1) is 11.7 Å². The van der Waals surface area contributed by atoms with Crippen molar-refractivity contribution in [1.29, 1.82) is 0 Å². The minimum atomic E-state index is 0.553. The molecule has 0 fully saturated rings. The highest BCUT2D eigenvalue weighted by molar-refractivity contribution is 7.71. The van der Waals surface area contributed by atoms with Crippen molar-refractivity contribution in [2.75, 3.05) is 7.11 Å². The van der Waals surface area contributed by atoms with Crippen molar-refractivity contribution in [1.82, 2.24) is 14.8 Å². The van der Waals surface area contributed by atoms with Crippen LogP contribution in [0.3, 0.4) is 0 Å². The molecule has 0 amide bonds. The predicted octanol–water partition coefficient (Wildman–Crippen LogP) is 3.98. The first kappa shape index (κ1) is 13.1. The molecule has 3 rings (SSSR count). The van der Waals surface area contributed by atoms with E-state index < -0.39 is 0 Å². The number of hydrogen-bond donors (Lipinski definition) is 1. The SMILES string of the molecule is COc1ccc(C)cc1-n1c(-c2cccs2)n[nH]c1=S. The van der Waals surface area contributed by atoms with Crippen molar-refractivity contribution in [2.45, 2.75) is 6.92 Å². The van der Waals surface area contributed by atoms with Gasteiger partial charge in [-0.15, -0.1) is 11.3 Å². The summed E-state index contributed by atoms with van der Waals surface area (Å²) in [5.74, 6) is 1.57. The third-order valence-electron chi connectivity index (χ3n) is 2.99. The Morgan fingerprint density at radius 1 is 1.35 bits per heavy atom. The van der Waals surface area contributed by atoms with Crippen molar-refractivity contribution in [3.8, 4) is 22.1 Å². The number of H-pyrrole nitrogens is 1. The smallest absolute Gasteiger partial charge is 0.200 e. The van der Waals surface area contributed by atoms with Gasteiger partial charge in [0.1, 0.15) is 5.75 Å². The van der Waals surface area contributed by atoms with Crippen LogP contribution in [0.25, 0.3) is 16.4 Å². The topological polar surface area (TPSA) is 42.8 Å². The van der Waals surface area contributed by atoms with Gasteiger partial charge in [0.25, 0.3) is 0 Å². The first-order valence-electron chi connectivity index (χ1n) is 6.07. The number of nitrogens with zero attached hydrogens (tertiary/aromatic N) is 2. The molecule has 0 atom stereocenters. The number of hydrogen-bond acceptors (Lipinski definition) is 4. The van der Waals surface area contributed by atoms with Crippen LogP contribution in [0.4, 0.5) is 0 Å². The van der Waals surface area contributed by atoms with E-state index in [2.05, 4.69) is 10.2 Å². The highest BCUT2D eigenvalue weighted by Crippen LogP contribution is 2.30. The van der Waals surface area contributed by atoms with E-state index in [-0.39, 0.29) is 0 Å². The molecule has 0 aliphatic rings. The molecule has 1 aromatic carbocycles. The summed E-state index contributed by atoms with van der Waals surface area (Å²) in [6, 6.07) is 10.0. The summed E-state index contributed by atoms with van der Waals surface area (Å²) in [6.07, 6.45) is 0. The lowest BCUT2D eigenvalue weighted by Gasteiger charge is -2.11. The number of nitrogens with one attached hydrogen (secondary N) is 1. The molecule has 0 aliphatic heterocycles. The van der Waals surface area contributed by atoms with Gasteiger partial charge in [-0.05, 0) is 48.3 Å². The summed E-state index contributed by atoms with van der Waals surface area (Å²) in [4.78, 5) is 1.06. The monoisotopic (exact) mass is 303 g/mol. The van der Waals surface area contributed by atoms with E-state index in [0.29, 0.717) is 4.77 Å². The van der Waals surface area contributed by atoms with Crippen molar-refractivity contribution in [3.05, 3.63) is 46.0 Å². The maximum Gasteiger partial charge on any atom is 0.200 e. The van der Waals surface area contributed by atoms with Crippen LogP contribution in [-0.2, 0) is 0 Å². The zero-order valence-electron chi connectivity index (χ0n) is 11.1. The minimum absolute atomic E-state index is 0.553. The lowest BCUT2D eigenvalue weighted by molar-refractivity contribution is 0.412. The van der Waals surface area contributed by atoms with E-state index in [1.54, 1.807) is 18.4 Å². The van der Waals surface area contributed by atoms with Crippen LogP contribution >= 0.6 is 23.6 Å². The Kier molecular flexibility index (Phi) is 3.42. The Hall–Kier alpha value is -1.92. The summed E-state index contributed by atoms with van der Waals surface area (Å²) in [5, 5.41) is 9.22. The molecule has 1 N–H and O–H groups in total. The normalized spacial score (nSPS) is 10.7. The summed E-state index contributed by atoms with van der Waals surface area (Å²) in [6.45, 7) is 2.04. The van der Waals surface area contributed by atoms with E-state index in [4.69, 9.17) is 17.0 Å². The fourth-order valence-corrected chi connectivity index (χ4v) is 3.00. The lowest BCUT2D eigenvalue weighted by Crippen LogP contribution is -2.00. The largest absolute Gasteiger partial charge is 0.495 e.